The molecule has 0 atom stereocenters. The van der Waals surface area contributed by atoms with Gasteiger partial charge < -0.3 is 4.90 Å². The summed E-state index contributed by atoms with van der Waals surface area (Å²) in [7, 11) is 0. The van der Waals surface area contributed by atoms with Gasteiger partial charge in [-0.15, -0.1) is 0 Å². The third-order valence-electron chi connectivity index (χ3n) is 4.39. The fourth-order valence-corrected chi connectivity index (χ4v) is 3.58. The lowest BCUT2D eigenvalue weighted by Crippen LogP contribution is -2.57. The normalized spacial score (nSPS) is 21.4. The largest absolute Gasteiger partial charge is 0.369 e. The predicted octanol–water partition coefficient (Wildman–Crippen LogP) is 3.98. The Balaban J connectivity index is 1.78. The van der Waals surface area contributed by atoms with Crippen molar-refractivity contribution in [1.82, 2.24) is 0 Å². The molecule has 0 bridgehead atoms. The lowest BCUT2D eigenvalue weighted by atomic mass is 9.68. The van der Waals surface area contributed by atoms with E-state index < -0.39 is 0 Å². The predicted molar refractivity (Wildman–Crippen MR) is 73.9 cm³/mol. The molecule has 0 amide bonds. The summed E-state index contributed by atoms with van der Waals surface area (Å²) < 4.78 is 0. The lowest BCUT2D eigenvalue weighted by molar-refractivity contribution is 0.139. The Hall–Kier alpha value is -1.20. The molecule has 2 aliphatic rings. The standard InChI is InChI=1S/C15H17ClN2/c16-13-5-4-12(9-17)14(8-13)18-10-15(11-18)6-2-1-3-7-15/h4-5,8H,1-3,6-7,10-11H2. The molecule has 1 aromatic carbocycles. The average molecular weight is 261 g/mol. The zero-order valence-electron chi connectivity index (χ0n) is 10.5. The van der Waals surface area contributed by atoms with Gasteiger partial charge >= 0.3 is 0 Å². The van der Waals surface area contributed by atoms with Gasteiger partial charge in [-0.3, -0.25) is 0 Å². The van der Waals surface area contributed by atoms with E-state index >= 15 is 0 Å². The fraction of sp³-hybridized carbons (Fsp3) is 0.533. The molecule has 2 fully saturated rings. The Morgan fingerprint density at radius 3 is 2.56 bits per heavy atom. The molecule has 0 aromatic heterocycles. The zero-order valence-corrected chi connectivity index (χ0v) is 11.2. The Morgan fingerprint density at radius 2 is 1.89 bits per heavy atom. The highest BCUT2D eigenvalue weighted by molar-refractivity contribution is 6.30. The van der Waals surface area contributed by atoms with Crippen molar-refractivity contribution in [3.8, 4) is 6.07 Å². The molecular formula is C15H17ClN2. The van der Waals surface area contributed by atoms with E-state index in [1.807, 2.05) is 12.1 Å². The molecule has 3 heteroatoms. The van der Waals surface area contributed by atoms with Crippen LogP contribution in [-0.4, -0.2) is 13.1 Å². The van der Waals surface area contributed by atoms with Gasteiger partial charge in [0.25, 0.3) is 0 Å². The van der Waals surface area contributed by atoms with Gasteiger partial charge in [-0.05, 0) is 31.0 Å². The number of anilines is 1. The number of nitriles is 1. The van der Waals surface area contributed by atoms with Gasteiger partial charge in [0.15, 0.2) is 0 Å². The smallest absolute Gasteiger partial charge is 0.101 e. The van der Waals surface area contributed by atoms with Gasteiger partial charge in [-0.25, -0.2) is 0 Å². The van der Waals surface area contributed by atoms with E-state index in [-0.39, 0.29) is 0 Å². The third-order valence-corrected chi connectivity index (χ3v) is 4.62. The van der Waals surface area contributed by atoms with Crippen molar-refractivity contribution in [2.75, 3.05) is 18.0 Å². The van der Waals surface area contributed by atoms with Gasteiger partial charge in [-0.2, -0.15) is 5.26 Å². The summed E-state index contributed by atoms with van der Waals surface area (Å²) in [5, 5.41) is 9.88. The van der Waals surface area contributed by atoms with E-state index in [9.17, 15) is 0 Å². The van der Waals surface area contributed by atoms with E-state index in [0.717, 1.165) is 24.3 Å². The van der Waals surface area contributed by atoms with Crippen LogP contribution >= 0.6 is 11.6 Å². The van der Waals surface area contributed by atoms with Gasteiger partial charge in [0.05, 0.1) is 11.3 Å². The minimum atomic E-state index is 0.535. The molecule has 3 rings (SSSR count). The molecule has 1 saturated heterocycles. The molecule has 0 N–H and O–H groups in total. The van der Waals surface area contributed by atoms with E-state index in [2.05, 4.69) is 11.0 Å². The minimum absolute atomic E-state index is 0.535. The molecule has 1 aromatic rings. The number of rotatable bonds is 1. The van der Waals surface area contributed by atoms with Crippen LogP contribution in [0.15, 0.2) is 18.2 Å². The van der Waals surface area contributed by atoms with Crippen LogP contribution in [0.5, 0.6) is 0 Å². The highest BCUT2D eigenvalue weighted by atomic mass is 35.5. The summed E-state index contributed by atoms with van der Waals surface area (Å²) in [6.45, 7) is 2.20. The molecule has 1 spiro atoms. The Bertz CT molecular complexity index is 490. The summed E-state index contributed by atoms with van der Waals surface area (Å²) in [6.07, 6.45) is 6.84. The molecule has 1 saturated carbocycles. The van der Waals surface area contributed by atoms with Gasteiger partial charge in [0, 0.05) is 23.5 Å². The molecule has 94 valence electrons. The maximum atomic E-state index is 9.16. The summed E-state index contributed by atoms with van der Waals surface area (Å²) in [5.74, 6) is 0. The Morgan fingerprint density at radius 1 is 1.17 bits per heavy atom. The van der Waals surface area contributed by atoms with Crippen molar-refractivity contribution in [3.63, 3.8) is 0 Å². The SMILES string of the molecule is N#Cc1ccc(Cl)cc1N1CC2(CCCCC2)C1. The van der Waals surface area contributed by atoms with Crippen molar-refractivity contribution in [2.45, 2.75) is 32.1 Å². The average Bonchev–Trinajstić information content (AvgIpc) is 2.37. The summed E-state index contributed by atoms with van der Waals surface area (Å²) in [5.41, 5.74) is 2.29. The van der Waals surface area contributed by atoms with Crippen LogP contribution in [0.2, 0.25) is 5.02 Å². The monoisotopic (exact) mass is 260 g/mol. The molecule has 1 aliphatic heterocycles. The van der Waals surface area contributed by atoms with Crippen molar-refractivity contribution >= 4 is 17.3 Å². The molecule has 18 heavy (non-hydrogen) atoms. The fourth-order valence-electron chi connectivity index (χ4n) is 3.41. The molecule has 1 heterocycles. The molecule has 1 aliphatic carbocycles. The molecule has 0 unspecified atom stereocenters. The summed E-state index contributed by atoms with van der Waals surface area (Å²) in [6, 6.07) is 7.80. The second-order valence-corrected chi connectivity index (χ2v) is 6.13. The highest BCUT2D eigenvalue weighted by Crippen LogP contribution is 2.46. The highest BCUT2D eigenvalue weighted by Gasteiger charge is 2.43. The second-order valence-electron chi connectivity index (χ2n) is 5.69. The number of halogens is 1. The van der Waals surface area contributed by atoms with Crippen LogP contribution in [0.25, 0.3) is 0 Å². The first kappa shape index (κ1) is 11.9. The van der Waals surface area contributed by atoms with Crippen molar-refractivity contribution in [1.29, 1.82) is 5.26 Å². The van der Waals surface area contributed by atoms with Crippen molar-refractivity contribution < 1.29 is 0 Å². The van der Waals surface area contributed by atoms with Crippen LogP contribution in [-0.2, 0) is 0 Å². The van der Waals surface area contributed by atoms with Gasteiger partial charge in [0.2, 0.25) is 0 Å². The molecular weight excluding hydrogens is 244 g/mol. The number of hydrogen-bond acceptors (Lipinski definition) is 2. The van der Waals surface area contributed by atoms with Crippen LogP contribution in [0.1, 0.15) is 37.7 Å². The second kappa shape index (κ2) is 4.48. The van der Waals surface area contributed by atoms with Gasteiger partial charge in [0.1, 0.15) is 6.07 Å². The zero-order chi connectivity index (χ0) is 12.6. The van der Waals surface area contributed by atoms with E-state index in [0.29, 0.717) is 10.4 Å². The van der Waals surface area contributed by atoms with Crippen molar-refractivity contribution in [2.24, 2.45) is 5.41 Å². The summed E-state index contributed by atoms with van der Waals surface area (Å²) in [4.78, 5) is 2.32. The topological polar surface area (TPSA) is 27.0 Å². The molecule has 0 radical (unpaired) electrons. The van der Waals surface area contributed by atoms with E-state index in [1.165, 1.54) is 32.1 Å². The van der Waals surface area contributed by atoms with E-state index in [4.69, 9.17) is 16.9 Å². The maximum Gasteiger partial charge on any atom is 0.101 e. The lowest BCUT2D eigenvalue weighted by Gasteiger charge is -2.53. The number of nitrogens with zero attached hydrogens (tertiary/aromatic N) is 2. The van der Waals surface area contributed by atoms with Crippen LogP contribution in [0.4, 0.5) is 5.69 Å². The molecule has 2 nitrogen and oxygen atoms in total. The first-order valence-corrected chi connectivity index (χ1v) is 7.05. The van der Waals surface area contributed by atoms with Crippen LogP contribution in [0.3, 0.4) is 0 Å². The van der Waals surface area contributed by atoms with Crippen molar-refractivity contribution in [3.05, 3.63) is 28.8 Å². The number of hydrogen-bond donors (Lipinski definition) is 0. The Labute approximate surface area is 113 Å². The van der Waals surface area contributed by atoms with Gasteiger partial charge in [-0.1, -0.05) is 30.9 Å². The first-order valence-electron chi connectivity index (χ1n) is 6.67. The Kier molecular flexibility index (Phi) is 2.95. The first-order chi connectivity index (χ1) is 8.72. The third kappa shape index (κ3) is 1.97. The van der Waals surface area contributed by atoms with E-state index in [1.54, 1.807) is 6.07 Å². The maximum absolute atomic E-state index is 9.16. The van der Waals surface area contributed by atoms with Crippen LogP contribution < -0.4 is 4.90 Å². The number of benzene rings is 1. The minimum Gasteiger partial charge on any atom is -0.369 e. The van der Waals surface area contributed by atoms with Crippen LogP contribution in [0, 0.1) is 16.7 Å². The quantitative estimate of drug-likeness (QED) is 0.764. The summed E-state index contributed by atoms with van der Waals surface area (Å²) >= 11 is 6.04.